The van der Waals surface area contributed by atoms with E-state index in [0.29, 0.717) is 23.8 Å². The Morgan fingerprint density at radius 1 is 1.08 bits per heavy atom. The number of nitrogens with one attached hydrogen (secondary N) is 1. The highest BCUT2D eigenvalue weighted by Crippen LogP contribution is 2.25. The molecule has 0 aliphatic carbocycles. The van der Waals surface area contributed by atoms with Crippen molar-refractivity contribution in [3.8, 4) is 11.5 Å². The second kappa shape index (κ2) is 8.36. The summed E-state index contributed by atoms with van der Waals surface area (Å²) >= 11 is 0. The summed E-state index contributed by atoms with van der Waals surface area (Å²) in [5.41, 5.74) is 0.636. The van der Waals surface area contributed by atoms with Gasteiger partial charge in [0.05, 0.1) is 11.8 Å². The number of carbonyl (C=O) groups is 1. The van der Waals surface area contributed by atoms with Gasteiger partial charge in [0.2, 0.25) is 0 Å². The van der Waals surface area contributed by atoms with E-state index < -0.39 is 0 Å². The van der Waals surface area contributed by atoms with Crippen molar-refractivity contribution in [3.05, 3.63) is 54.6 Å². The first-order chi connectivity index (χ1) is 11.8. The van der Waals surface area contributed by atoms with Crippen LogP contribution in [-0.2, 0) is 9.53 Å². The third-order valence-corrected chi connectivity index (χ3v) is 3.72. The van der Waals surface area contributed by atoms with Gasteiger partial charge >= 0.3 is 0 Å². The number of hydrogen-bond donors (Lipinski definition) is 1. The molecule has 1 atom stereocenters. The fourth-order valence-corrected chi connectivity index (χ4v) is 2.51. The number of anilines is 1. The van der Waals surface area contributed by atoms with E-state index in [1.54, 1.807) is 0 Å². The molecule has 2 aromatic rings. The molecular formula is C19H21NO4. The first-order valence-electron chi connectivity index (χ1n) is 8.12. The number of ether oxygens (including phenoxy) is 3. The Labute approximate surface area is 141 Å². The first kappa shape index (κ1) is 16.3. The molecule has 5 nitrogen and oxygen atoms in total. The number of amides is 1. The molecule has 0 bridgehead atoms. The van der Waals surface area contributed by atoms with Crippen LogP contribution in [0.25, 0.3) is 0 Å². The average molecular weight is 327 g/mol. The van der Waals surface area contributed by atoms with Crippen LogP contribution in [0.1, 0.15) is 12.8 Å². The minimum Gasteiger partial charge on any atom is -0.489 e. The van der Waals surface area contributed by atoms with Crippen LogP contribution >= 0.6 is 0 Å². The van der Waals surface area contributed by atoms with Gasteiger partial charge in [-0.3, -0.25) is 4.79 Å². The Bertz CT molecular complexity index is 653. The monoisotopic (exact) mass is 327 g/mol. The summed E-state index contributed by atoms with van der Waals surface area (Å²) in [4.78, 5) is 12.1. The van der Waals surface area contributed by atoms with Crippen molar-refractivity contribution in [2.45, 2.75) is 18.9 Å². The second-order valence-corrected chi connectivity index (χ2v) is 5.59. The molecule has 0 saturated carbocycles. The lowest BCUT2D eigenvalue weighted by Crippen LogP contribution is -2.21. The third kappa shape index (κ3) is 4.73. The number of para-hydroxylation sites is 3. The van der Waals surface area contributed by atoms with Crippen molar-refractivity contribution in [3.63, 3.8) is 0 Å². The number of hydrogen-bond acceptors (Lipinski definition) is 4. The zero-order valence-electron chi connectivity index (χ0n) is 13.4. The van der Waals surface area contributed by atoms with E-state index in [4.69, 9.17) is 14.2 Å². The van der Waals surface area contributed by atoms with Gasteiger partial charge in [-0.1, -0.05) is 30.3 Å². The molecule has 1 amide bonds. The van der Waals surface area contributed by atoms with E-state index in [-0.39, 0.29) is 18.6 Å². The quantitative estimate of drug-likeness (QED) is 0.848. The number of benzene rings is 2. The van der Waals surface area contributed by atoms with E-state index in [1.165, 1.54) is 0 Å². The lowest BCUT2D eigenvalue weighted by molar-refractivity contribution is -0.118. The Hall–Kier alpha value is -2.53. The lowest BCUT2D eigenvalue weighted by Gasteiger charge is -2.15. The number of rotatable bonds is 7. The predicted octanol–water partition coefficient (Wildman–Crippen LogP) is 3.26. The van der Waals surface area contributed by atoms with Crippen LogP contribution in [0.4, 0.5) is 5.69 Å². The van der Waals surface area contributed by atoms with Crippen LogP contribution in [0.5, 0.6) is 11.5 Å². The van der Waals surface area contributed by atoms with Crippen molar-refractivity contribution in [2.75, 3.05) is 25.1 Å². The Morgan fingerprint density at radius 2 is 1.88 bits per heavy atom. The lowest BCUT2D eigenvalue weighted by atomic mass is 10.2. The van der Waals surface area contributed by atoms with Crippen molar-refractivity contribution in [1.82, 2.24) is 0 Å². The maximum Gasteiger partial charge on any atom is 0.262 e. The van der Waals surface area contributed by atoms with Gasteiger partial charge < -0.3 is 19.5 Å². The smallest absolute Gasteiger partial charge is 0.262 e. The van der Waals surface area contributed by atoms with Gasteiger partial charge in [0.1, 0.15) is 18.1 Å². The van der Waals surface area contributed by atoms with E-state index >= 15 is 0 Å². The minimum absolute atomic E-state index is 0.0515. The Morgan fingerprint density at radius 3 is 2.67 bits per heavy atom. The van der Waals surface area contributed by atoms with E-state index in [9.17, 15) is 4.79 Å². The Kier molecular flexibility index (Phi) is 5.69. The molecule has 1 heterocycles. The second-order valence-electron chi connectivity index (χ2n) is 5.59. The predicted molar refractivity (Wildman–Crippen MR) is 91.5 cm³/mol. The molecule has 1 aliphatic rings. The average Bonchev–Trinajstić information content (AvgIpc) is 3.14. The largest absolute Gasteiger partial charge is 0.489 e. The number of carbonyl (C=O) groups excluding carboxylic acids is 1. The van der Waals surface area contributed by atoms with Crippen LogP contribution < -0.4 is 14.8 Å². The standard InChI is InChI=1S/C19H21NO4/c21-19(14-23-15-7-2-1-3-8-15)20-17-10-4-5-11-18(17)24-13-16-9-6-12-22-16/h1-5,7-8,10-11,16H,6,9,12-14H2,(H,20,21). The molecule has 1 aliphatic heterocycles. The van der Waals surface area contributed by atoms with Gasteiger partial charge in [-0.2, -0.15) is 0 Å². The van der Waals surface area contributed by atoms with Gasteiger partial charge in [-0.25, -0.2) is 0 Å². The molecule has 1 unspecified atom stereocenters. The summed E-state index contributed by atoms with van der Waals surface area (Å²) in [6.07, 6.45) is 2.22. The van der Waals surface area contributed by atoms with E-state index in [1.807, 2.05) is 54.6 Å². The fourth-order valence-electron chi connectivity index (χ4n) is 2.51. The van der Waals surface area contributed by atoms with Crippen molar-refractivity contribution < 1.29 is 19.0 Å². The topological polar surface area (TPSA) is 56.8 Å². The summed E-state index contributed by atoms with van der Waals surface area (Å²) in [7, 11) is 0. The van der Waals surface area contributed by atoms with Gasteiger partial charge in [0.25, 0.3) is 5.91 Å². The molecule has 0 spiro atoms. The van der Waals surface area contributed by atoms with Crippen LogP contribution in [0, 0.1) is 0 Å². The summed E-state index contributed by atoms with van der Waals surface area (Å²) in [5, 5.41) is 2.83. The van der Waals surface area contributed by atoms with Crippen molar-refractivity contribution in [2.24, 2.45) is 0 Å². The minimum atomic E-state index is -0.230. The summed E-state index contributed by atoms with van der Waals surface area (Å²) < 4.78 is 16.8. The van der Waals surface area contributed by atoms with Crippen LogP contribution in [0.3, 0.4) is 0 Å². The molecule has 3 rings (SSSR count). The molecule has 1 fully saturated rings. The van der Waals surface area contributed by atoms with Crippen molar-refractivity contribution >= 4 is 11.6 Å². The molecular weight excluding hydrogens is 306 g/mol. The Balaban J connectivity index is 1.52. The molecule has 1 saturated heterocycles. The molecule has 24 heavy (non-hydrogen) atoms. The molecule has 2 aromatic carbocycles. The SMILES string of the molecule is O=C(COc1ccccc1)Nc1ccccc1OCC1CCCO1. The molecule has 5 heteroatoms. The maximum absolute atomic E-state index is 12.1. The first-order valence-corrected chi connectivity index (χ1v) is 8.12. The summed E-state index contributed by atoms with van der Waals surface area (Å²) in [6, 6.07) is 16.6. The van der Waals surface area contributed by atoms with Gasteiger partial charge in [0, 0.05) is 6.61 Å². The van der Waals surface area contributed by atoms with Gasteiger partial charge in [0.15, 0.2) is 6.61 Å². The molecule has 1 N–H and O–H groups in total. The van der Waals surface area contributed by atoms with Gasteiger partial charge in [-0.15, -0.1) is 0 Å². The van der Waals surface area contributed by atoms with E-state index in [0.717, 1.165) is 19.4 Å². The maximum atomic E-state index is 12.1. The van der Waals surface area contributed by atoms with Crippen molar-refractivity contribution in [1.29, 1.82) is 0 Å². The molecule has 126 valence electrons. The zero-order valence-corrected chi connectivity index (χ0v) is 13.4. The summed E-state index contributed by atoms with van der Waals surface area (Å²) in [6.45, 7) is 1.24. The highest BCUT2D eigenvalue weighted by atomic mass is 16.5. The highest BCUT2D eigenvalue weighted by molar-refractivity contribution is 5.93. The van der Waals surface area contributed by atoms with E-state index in [2.05, 4.69) is 5.32 Å². The van der Waals surface area contributed by atoms with Crippen LogP contribution in [-0.4, -0.2) is 31.8 Å². The fraction of sp³-hybridized carbons (Fsp3) is 0.316. The normalized spacial score (nSPS) is 16.6. The zero-order chi connectivity index (χ0) is 16.6. The van der Waals surface area contributed by atoms with Gasteiger partial charge in [-0.05, 0) is 37.1 Å². The molecule has 0 radical (unpaired) electrons. The molecule has 0 aromatic heterocycles. The van der Waals surface area contributed by atoms with Crippen LogP contribution in [0.15, 0.2) is 54.6 Å². The van der Waals surface area contributed by atoms with Crippen LogP contribution in [0.2, 0.25) is 0 Å². The third-order valence-electron chi connectivity index (χ3n) is 3.72. The summed E-state index contributed by atoms with van der Waals surface area (Å²) in [5.74, 6) is 1.07. The highest BCUT2D eigenvalue weighted by Gasteiger charge is 2.17.